The fourth-order valence-corrected chi connectivity index (χ4v) is 1.79. The third kappa shape index (κ3) is 2.53. The number of carbonyl (C=O) groups is 2. The molecule has 1 aliphatic rings. The van der Waals surface area contributed by atoms with Gasteiger partial charge in [0.05, 0.1) is 0 Å². The van der Waals surface area contributed by atoms with Gasteiger partial charge >= 0.3 is 12.0 Å². The summed E-state index contributed by atoms with van der Waals surface area (Å²) in [5.74, 6) is -0.917. The summed E-state index contributed by atoms with van der Waals surface area (Å²) in [5.41, 5.74) is 1.44. The van der Waals surface area contributed by atoms with Gasteiger partial charge in [-0.05, 0) is 25.1 Å². The van der Waals surface area contributed by atoms with E-state index < -0.39 is 12.0 Å². The van der Waals surface area contributed by atoms with Crippen molar-refractivity contribution in [2.45, 2.75) is 13.0 Å². The van der Waals surface area contributed by atoms with Crippen LogP contribution in [-0.2, 0) is 4.79 Å². The van der Waals surface area contributed by atoms with Crippen molar-refractivity contribution in [1.29, 1.82) is 0 Å². The van der Waals surface area contributed by atoms with Crippen LogP contribution in [0.2, 0.25) is 0 Å². The number of nitrogens with zero attached hydrogens (tertiary/aromatic N) is 1. The number of carboxylic acids is 1. The molecule has 1 fully saturated rings. The second kappa shape index (κ2) is 4.95. The van der Waals surface area contributed by atoms with Crippen molar-refractivity contribution in [3.05, 3.63) is 24.3 Å². The van der Waals surface area contributed by atoms with Gasteiger partial charge in [-0.2, -0.15) is 0 Å². The van der Waals surface area contributed by atoms with E-state index >= 15 is 0 Å². The minimum absolute atomic E-state index is 0.126. The van der Waals surface area contributed by atoms with E-state index in [-0.39, 0.29) is 6.03 Å². The third-order valence-electron chi connectivity index (χ3n) is 2.77. The number of amides is 2. The van der Waals surface area contributed by atoms with Gasteiger partial charge in [0.2, 0.25) is 0 Å². The zero-order valence-electron chi connectivity index (χ0n) is 10.0. The minimum Gasteiger partial charge on any atom is -0.480 e. The molecule has 1 unspecified atom stereocenters. The Labute approximate surface area is 105 Å². The molecular weight excluding hydrogens is 234 g/mol. The molecule has 1 atom stereocenters. The van der Waals surface area contributed by atoms with Crippen LogP contribution < -0.4 is 15.5 Å². The fourth-order valence-electron chi connectivity index (χ4n) is 1.79. The van der Waals surface area contributed by atoms with E-state index in [9.17, 15) is 9.59 Å². The monoisotopic (exact) mass is 249 g/mol. The molecule has 0 aromatic heterocycles. The first-order valence-corrected chi connectivity index (χ1v) is 5.72. The van der Waals surface area contributed by atoms with E-state index in [0.29, 0.717) is 18.8 Å². The zero-order valence-corrected chi connectivity index (χ0v) is 10.0. The molecular formula is C12H15N3O3. The molecule has 1 aliphatic heterocycles. The largest absolute Gasteiger partial charge is 0.480 e. The summed E-state index contributed by atoms with van der Waals surface area (Å²) in [5, 5.41) is 14.4. The number of carboxylic acid groups (broad SMARTS) is 1. The van der Waals surface area contributed by atoms with E-state index in [2.05, 4.69) is 10.6 Å². The molecule has 2 rings (SSSR count). The second-order valence-electron chi connectivity index (χ2n) is 4.14. The maximum Gasteiger partial charge on any atom is 0.325 e. The molecule has 1 heterocycles. The molecule has 6 heteroatoms. The summed E-state index contributed by atoms with van der Waals surface area (Å²) >= 11 is 0. The van der Waals surface area contributed by atoms with E-state index in [1.165, 1.54) is 0 Å². The van der Waals surface area contributed by atoms with E-state index in [1.807, 2.05) is 6.07 Å². The molecule has 1 saturated heterocycles. The van der Waals surface area contributed by atoms with E-state index in [0.717, 1.165) is 5.69 Å². The first-order valence-electron chi connectivity index (χ1n) is 5.72. The molecule has 1 aromatic carbocycles. The predicted molar refractivity (Wildman–Crippen MR) is 67.9 cm³/mol. The van der Waals surface area contributed by atoms with Crippen molar-refractivity contribution < 1.29 is 14.7 Å². The Balaban J connectivity index is 2.14. The Morgan fingerprint density at radius 2 is 2.33 bits per heavy atom. The molecule has 0 bridgehead atoms. The van der Waals surface area contributed by atoms with Gasteiger partial charge in [0, 0.05) is 24.5 Å². The predicted octanol–water partition coefficient (Wildman–Crippen LogP) is 1.10. The van der Waals surface area contributed by atoms with Gasteiger partial charge in [0.15, 0.2) is 0 Å². The maximum atomic E-state index is 11.5. The van der Waals surface area contributed by atoms with Crippen molar-refractivity contribution in [2.24, 2.45) is 0 Å². The Bertz CT molecular complexity index is 475. The molecule has 3 N–H and O–H groups in total. The molecule has 2 amide bonds. The molecule has 0 aliphatic carbocycles. The highest BCUT2D eigenvalue weighted by Crippen LogP contribution is 2.21. The number of anilines is 2. The smallest absolute Gasteiger partial charge is 0.325 e. The van der Waals surface area contributed by atoms with Crippen molar-refractivity contribution in [2.75, 3.05) is 23.3 Å². The summed E-state index contributed by atoms with van der Waals surface area (Å²) in [7, 11) is 0. The highest BCUT2D eigenvalue weighted by Gasteiger charge is 2.21. The summed E-state index contributed by atoms with van der Waals surface area (Å²) in [6.45, 7) is 2.82. The highest BCUT2D eigenvalue weighted by molar-refractivity contribution is 5.94. The summed E-state index contributed by atoms with van der Waals surface area (Å²) in [6.07, 6.45) is 0. The Morgan fingerprint density at radius 1 is 1.56 bits per heavy atom. The van der Waals surface area contributed by atoms with Gasteiger partial charge in [-0.15, -0.1) is 0 Å². The fraction of sp³-hybridized carbons (Fsp3) is 0.333. The SMILES string of the molecule is CC(Nc1cccc(N2CCNC2=O)c1)C(=O)O. The minimum atomic E-state index is -0.917. The van der Waals surface area contributed by atoms with Gasteiger partial charge in [-0.25, -0.2) is 4.79 Å². The number of hydrogen-bond donors (Lipinski definition) is 3. The molecule has 6 nitrogen and oxygen atoms in total. The van der Waals surface area contributed by atoms with Crippen LogP contribution in [0.15, 0.2) is 24.3 Å². The lowest BCUT2D eigenvalue weighted by molar-refractivity contribution is -0.137. The Morgan fingerprint density at radius 3 is 2.94 bits per heavy atom. The van der Waals surface area contributed by atoms with Crippen LogP contribution in [0.1, 0.15) is 6.92 Å². The Hall–Kier alpha value is -2.24. The van der Waals surface area contributed by atoms with Crippen LogP contribution in [0.25, 0.3) is 0 Å². The van der Waals surface area contributed by atoms with E-state index in [4.69, 9.17) is 5.11 Å². The first kappa shape index (κ1) is 12.2. The van der Waals surface area contributed by atoms with Crippen molar-refractivity contribution >= 4 is 23.4 Å². The van der Waals surface area contributed by atoms with Crippen molar-refractivity contribution in [3.63, 3.8) is 0 Å². The van der Waals surface area contributed by atoms with Crippen LogP contribution in [0.3, 0.4) is 0 Å². The molecule has 0 saturated carbocycles. The normalized spacial score (nSPS) is 16.3. The number of benzene rings is 1. The summed E-state index contributed by atoms with van der Waals surface area (Å²) in [4.78, 5) is 23.9. The average Bonchev–Trinajstić information content (AvgIpc) is 2.75. The van der Waals surface area contributed by atoms with Gasteiger partial charge in [0.1, 0.15) is 6.04 Å². The van der Waals surface area contributed by atoms with E-state index in [1.54, 1.807) is 30.0 Å². The number of urea groups is 1. The first-order chi connectivity index (χ1) is 8.58. The molecule has 0 radical (unpaired) electrons. The van der Waals surface area contributed by atoms with Gasteiger partial charge < -0.3 is 15.7 Å². The van der Waals surface area contributed by atoms with Crippen LogP contribution in [-0.4, -0.2) is 36.2 Å². The van der Waals surface area contributed by atoms with Crippen LogP contribution >= 0.6 is 0 Å². The number of hydrogen-bond acceptors (Lipinski definition) is 3. The summed E-state index contributed by atoms with van der Waals surface area (Å²) in [6, 6.07) is 6.35. The molecule has 0 spiro atoms. The van der Waals surface area contributed by atoms with Crippen molar-refractivity contribution in [1.82, 2.24) is 5.32 Å². The standard InChI is InChI=1S/C12H15N3O3/c1-8(11(16)17)14-9-3-2-4-10(7-9)15-6-5-13-12(15)18/h2-4,7-8,14H,5-6H2,1H3,(H,13,18)(H,16,17). The third-order valence-corrected chi connectivity index (χ3v) is 2.77. The molecule has 1 aromatic rings. The second-order valence-corrected chi connectivity index (χ2v) is 4.14. The van der Waals surface area contributed by atoms with Crippen LogP contribution in [0.4, 0.5) is 16.2 Å². The topological polar surface area (TPSA) is 81.7 Å². The highest BCUT2D eigenvalue weighted by atomic mass is 16.4. The van der Waals surface area contributed by atoms with Crippen LogP contribution in [0.5, 0.6) is 0 Å². The molecule has 18 heavy (non-hydrogen) atoms. The summed E-state index contributed by atoms with van der Waals surface area (Å²) < 4.78 is 0. The Kier molecular flexibility index (Phi) is 3.36. The van der Waals surface area contributed by atoms with Gasteiger partial charge in [0.25, 0.3) is 0 Å². The van der Waals surface area contributed by atoms with Gasteiger partial charge in [-0.3, -0.25) is 9.69 Å². The lowest BCUT2D eigenvalue weighted by atomic mass is 10.2. The number of nitrogens with one attached hydrogen (secondary N) is 2. The number of carbonyl (C=O) groups excluding carboxylic acids is 1. The zero-order chi connectivity index (χ0) is 13.1. The number of rotatable bonds is 4. The quantitative estimate of drug-likeness (QED) is 0.746. The molecule has 96 valence electrons. The maximum absolute atomic E-state index is 11.5. The van der Waals surface area contributed by atoms with Crippen molar-refractivity contribution in [3.8, 4) is 0 Å². The lowest BCUT2D eigenvalue weighted by Gasteiger charge is -2.17. The van der Waals surface area contributed by atoms with Gasteiger partial charge in [-0.1, -0.05) is 6.07 Å². The lowest BCUT2D eigenvalue weighted by Crippen LogP contribution is -2.28. The number of aliphatic carboxylic acids is 1. The average molecular weight is 249 g/mol. The van der Waals surface area contributed by atoms with Crippen LogP contribution in [0, 0.1) is 0 Å².